The topological polar surface area (TPSA) is 237 Å². The molecule has 0 fully saturated rings. The van der Waals surface area contributed by atoms with Gasteiger partial charge in [0.2, 0.25) is 0 Å². The first kappa shape index (κ1) is 86.1. The number of carbonyl (C=O) groups excluding carboxylic acids is 4. The van der Waals surface area contributed by atoms with Crippen LogP contribution in [0.5, 0.6) is 0 Å². The first-order valence-corrected chi connectivity index (χ1v) is 39.1. The summed E-state index contributed by atoms with van der Waals surface area (Å²) in [6.07, 6.45) is 48.7. The summed E-state index contributed by atoms with van der Waals surface area (Å²) in [7, 11) is -9.89. The minimum absolute atomic E-state index is 0.104. The van der Waals surface area contributed by atoms with Gasteiger partial charge >= 0.3 is 39.5 Å². The second kappa shape index (κ2) is 62.5. The molecule has 0 aliphatic heterocycles. The number of phosphoric acid groups is 2. The number of carbonyl (C=O) groups is 4. The van der Waals surface area contributed by atoms with Gasteiger partial charge in [-0.25, -0.2) is 9.13 Å². The summed E-state index contributed by atoms with van der Waals surface area (Å²) in [5.41, 5.74) is 0. The number of esters is 4. The lowest BCUT2D eigenvalue weighted by molar-refractivity contribution is -0.161. The lowest BCUT2D eigenvalue weighted by Gasteiger charge is -2.21. The molecule has 2 unspecified atom stereocenters. The van der Waals surface area contributed by atoms with Gasteiger partial charge in [0.1, 0.15) is 19.3 Å². The van der Waals surface area contributed by atoms with Crippen molar-refractivity contribution in [1.82, 2.24) is 0 Å². The van der Waals surface area contributed by atoms with Gasteiger partial charge in [0.25, 0.3) is 0 Å². The Balaban J connectivity index is 5.20. The van der Waals surface area contributed by atoms with Crippen LogP contribution in [0, 0.1) is 5.92 Å². The van der Waals surface area contributed by atoms with Crippen molar-refractivity contribution < 1.29 is 80.2 Å². The minimum Gasteiger partial charge on any atom is -0.462 e. The second-order valence-corrected chi connectivity index (χ2v) is 28.3. The van der Waals surface area contributed by atoms with E-state index in [2.05, 4.69) is 34.6 Å². The summed E-state index contributed by atoms with van der Waals surface area (Å²) in [4.78, 5) is 72.4. The normalized spacial score (nSPS) is 14.1. The van der Waals surface area contributed by atoms with Crippen molar-refractivity contribution in [3.63, 3.8) is 0 Å². The van der Waals surface area contributed by atoms with Crippen LogP contribution in [0.15, 0.2) is 0 Å². The highest BCUT2D eigenvalue weighted by Gasteiger charge is 2.30. The Kier molecular flexibility index (Phi) is 61.1. The largest absolute Gasteiger partial charge is 0.472 e. The van der Waals surface area contributed by atoms with Crippen LogP contribution in [-0.4, -0.2) is 96.7 Å². The smallest absolute Gasteiger partial charge is 0.462 e. The van der Waals surface area contributed by atoms with Gasteiger partial charge in [-0.05, 0) is 31.6 Å². The molecular formula is C69H134O17P2. The van der Waals surface area contributed by atoms with E-state index < -0.39 is 97.5 Å². The van der Waals surface area contributed by atoms with E-state index in [1.54, 1.807) is 0 Å². The number of aliphatic hydroxyl groups is 1. The third-order valence-corrected chi connectivity index (χ3v) is 17.9. The molecule has 0 bridgehead atoms. The van der Waals surface area contributed by atoms with E-state index in [9.17, 15) is 43.2 Å². The van der Waals surface area contributed by atoms with Crippen molar-refractivity contribution in [1.29, 1.82) is 0 Å². The van der Waals surface area contributed by atoms with Gasteiger partial charge in [-0.15, -0.1) is 0 Å². The molecule has 522 valence electrons. The quantitative estimate of drug-likeness (QED) is 0.0222. The van der Waals surface area contributed by atoms with E-state index in [1.165, 1.54) is 167 Å². The maximum Gasteiger partial charge on any atom is 0.472 e. The molecule has 0 spiro atoms. The zero-order chi connectivity index (χ0) is 64.9. The molecule has 0 heterocycles. The molecule has 17 nitrogen and oxygen atoms in total. The van der Waals surface area contributed by atoms with Crippen molar-refractivity contribution in [2.24, 2.45) is 5.92 Å². The Morgan fingerprint density at radius 1 is 0.307 bits per heavy atom. The molecule has 0 aliphatic rings. The van der Waals surface area contributed by atoms with Crippen molar-refractivity contribution in [2.45, 2.75) is 374 Å². The van der Waals surface area contributed by atoms with E-state index in [0.717, 1.165) is 109 Å². The molecule has 88 heavy (non-hydrogen) atoms. The van der Waals surface area contributed by atoms with Crippen LogP contribution in [0.4, 0.5) is 0 Å². The highest BCUT2D eigenvalue weighted by atomic mass is 31.2. The van der Waals surface area contributed by atoms with E-state index in [-0.39, 0.29) is 25.7 Å². The number of ether oxygens (including phenoxy) is 4. The summed E-state index contributed by atoms with van der Waals surface area (Å²) in [6, 6.07) is 0. The van der Waals surface area contributed by atoms with Crippen molar-refractivity contribution >= 4 is 39.5 Å². The number of rotatable bonds is 69. The molecule has 0 saturated carbocycles. The van der Waals surface area contributed by atoms with Crippen LogP contribution in [0.3, 0.4) is 0 Å². The monoisotopic (exact) mass is 1300 g/mol. The van der Waals surface area contributed by atoms with Crippen LogP contribution >= 0.6 is 15.6 Å². The second-order valence-electron chi connectivity index (χ2n) is 25.4. The highest BCUT2D eigenvalue weighted by Crippen LogP contribution is 2.45. The van der Waals surface area contributed by atoms with Gasteiger partial charge in [0.15, 0.2) is 12.2 Å². The number of hydrogen-bond donors (Lipinski definition) is 3. The van der Waals surface area contributed by atoms with Crippen LogP contribution in [-0.2, 0) is 65.4 Å². The summed E-state index contributed by atoms with van der Waals surface area (Å²) >= 11 is 0. The van der Waals surface area contributed by atoms with Crippen LogP contribution in [0.1, 0.15) is 356 Å². The number of aliphatic hydroxyl groups excluding tert-OH is 1. The molecule has 0 rings (SSSR count). The Morgan fingerprint density at radius 2 is 0.523 bits per heavy atom. The van der Waals surface area contributed by atoms with Crippen molar-refractivity contribution in [3.05, 3.63) is 0 Å². The molecular weight excluding hydrogens is 1160 g/mol. The van der Waals surface area contributed by atoms with Gasteiger partial charge in [0.05, 0.1) is 26.4 Å². The van der Waals surface area contributed by atoms with Gasteiger partial charge in [-0.3, -0.25) is 37.3 Å². The van der Waals surface area contributed by atoms with E-state index in [0.29, 0.717) is 25.7 Å². The molecule has 0 radical (unpaired) electrons. The Bertz CT molecular complexity index is 1700. The Labute approximate surface area is 537 Å². The summed E-state index contributed by atoms with van der Waals surface area (Å²) in [5, 5.41) is 10.6. The average molecular weight is 1300 g/mol. The number of hydrogen-bond acceptors (Lipinski definition) is 15. The van der Waals surface area contributed by atoms with Crippen LogP contribution in [0.2, 0.25) is 0 Å². The van der Waals surface area contributed by atoms with Crippen molar-refractivity contribution in [2.75, 3.05) is 39.6 Å². The fraction of sp³-hybridized carbons (Fsp3) is 0.942. The van der Waals surface area contributed by atoms with Gasteiger partial charge < -0.3 is 33.8 Å². The highest BCUT2D eigenvalue weighted by molar-refractivity contribution is 7.47. The zero-order valence-electron chi connectivity index (χ0n) is 56.9. The summed E-state index contributed by atoms with van der Waals surface area (Å²) in [6.45, 7) is 7.16. The molecule has 3 N–H and O–H groups in total. The molecule has 0 aromatic heterocycles. The van der Waals surface area contributed by atoms with Crippen LogP contribution in [0.25, 0.3) is 0 Å². The first-order valence-electron chi connectivity index (χ1n) is 36.1. The SMILES string of the molecule is CCCCCCCCCCCCCCCCCC(=O)OC[C@H](COP(=O)(O)OC[C@@H](O)COP(=O)(O)OC[C@@H](COC(=O)CCCCCCCCC)OC(=O)CCCCCCCCCCC(C)C)OC(=O)CCCCCCCCCCCCCCCCC. The molecule has 0 aromatic carbocycles. The maximum atomic E-state index is 13.0. The first-order chi connectivity index (χ1) is 42.5. The number of phosphoric ester groups is 2. The maximum absolute atomic E-state index is 13.0. The molecule has 0 amide bonds. The molecule has 19 heteroatoms. The lowest BCUT2D eigenvalue weighted by atomic mass is 10.0. The summed E-state index contributed by atoms with van der Waals surface area (Å²) in [5.74, 6) is -1.41. The zero-order valence-corrected chi connectivity index (χ0v) is 58.6. The fourth-order valence-corrected chi connectivity index (χ4v) is 12.0. The molecule has 0 saturated heterocycles. The predicted molar refractivity (Wildman–Crippen MR) is 354 cm³/mol. The standard InChI is InChI=1S/C69H134O17P2/c1-6-9-12-15-18-20-22-24-26-28-30-32-38-43-48-53-67(72)80-59-65(85-68(73)54-49-44-39-33-31-29-27-25-23-21-19-16-13-10-7-2)61-84-88(77,78)82-57-63(70)56-81-87(75,76)83-60-64(58-79-66(71)52-47-42-36-17-14-11-8-3)86-69(74)55-50-45-40-35-34-37-41-46-51-62(4)5/h62-65,70H,6-61H2,1-5H3,(H,75,76)(H,77,78)/t63-,64+,65+/m0/s1. The lowest BCUT2D eigenvalue weighted by Crippen LogP contribution is -2.30. The third-order valence-electron chi connectivity index (χ3n) is 16.0. The fourth-order valence-electron chi connectivity index (χ4n) is 10.5. The van der Waals surface area contributed by atoms with E-state index >= 15 is 0 Å². The third kappa shape index (κ3) is 62.8. The van der Waals surface area contributed by atoms with E-state index in [1.807, 2.05) is 0 Å². The van der Waals surface area contributed by atoms with Gasteiger partial charge in [-0.1, -0.05) is 304 Å². The van der Waals surface area contributed by atoms with E-state index in [4.69, 9.17) is 37.0 Å². The molecule has 0 aliphatic carbocycles. The van der Waals surface area contributed by atoms with Gasteiger partial charge in [-0.2, -0.15) is 0 Å². The Hall–Kier alpha value is -1.94. The molecule has 5 atom stereocenters. The minimum atomic E-state index is -4.95. The van der Waals surface area contributed by atoms with Crippen LogP contribution < -0.4 is 0 Å². The average Bonchev–Trinajstić information content (AvgIpc) is 3.60. The molecule has 0 aromatic rings. The van der Waals surface area contributed by atoms with Gasteiger partial charge in [0, 0.05) is 25.7 Å². The predicted octanol–water partition coefficient (Wildman–Crippen LogP) is 19.7. The Morgan fingerprint density at radius 3 is 0.773 bits per heavy atom. The summed E-state index contributed by atoms with van der Waals surface area (Å²) < 4.78 is 68.1. The number of unbranched alkanes of at least 4 members (excludes halogenated alkanes) is 41. The van der Waals surface area contributed by atoms with Crippen molar-refractivity contribution in [3.8, 4) is 0 Å².